The van der Waals surface area contributed by atoms with E-state index in [9.17, 15) is 9.90 Å². The van der Waals surface area contributed by atoms with Gasteiger partial charge >= 0.3 is 0 Å². The van der Waals surface area contributed by atoms with Gasteiger partial charge in [-0.25, -0.2) is 0 Å². The Morgan fingerprint density at radius 3 is 2.74 bits per heavy atom. The number of rotatable bonds is 3. The van der Waals surface area contributed by atoms with Crippen LogP contribution in [0.3, 0.4) is 0 Å². The Morgan fingerprint density at radius 2 is 2.05 bits per heavy atom. The predicted octanol–water partition coefficient (Wildman–Crippen LogP) is 1.86. The minimum atomic E-state index is -0.150. The number of benzene rings is 1. The summed E-state index contributed by atoms with van der Waals surface area (Å²) in [5.74, 6) is 0.421. The van der Waals surface area contributed by atoms with E-state index in [1.807, 2.05) is 6.92 Å². The Balaban J connectivity index is 1.89. The standard InChI is InChI=1S/C15H22N2O2/c1-10-13(3-2-4-14(10)16)15(19)17-9-11-5-7-12(18)8-6-11/h2-4,11-12,18H,5-9,16H2,1H3,(H,17,19). The number of nitrogens with one attached hydrogen (secondary N) is 1. The first kappa shape index (κ1) is 13.9. The monoisotopic (exact) mass is 262 g/mol. The zero-order valence-corrected chi connectivity index (χ0v) is 11.4. The molecule has 4 heteroatoms. The van der Waals surface area contributed by atoms with Crippen molar-refractivity contribution in [3.63, 3.8) is 0 Å². The summed E-state index contributed by atoms with van der Waals surface area (Å²) in [6, 6.07) is 5.40. The maximum absolute atomic E-state index is 12.1. The van der Waals surface area contributed by atoms with Crippen molar-refractivity contribution in [2.75, 3.05) is 12.3 Å². The second kappa shape index (κ2) is 6.06. The molecule has 1 aliphatic rings. The van der Waals surface area contributed by atoms with E-state index in [1.54, 1.807) is 18.2 Å². The van der Waals surface area contributed by atoms with Gasteiger partial charge in [0.2, 0.25) is 0 Å². The molecule has 1 aromatic carbocycles. The van der Waals surface area contributed by atoms with Crippen LogP contribution in [-0.2, 0) is 0 Å². The molecule has 1 fully saturated rings. The van der Waals surface area contributed by atoms with Crippen LogP contribution in [0, 0.1) is 12.8 Å². The molecule has 0 aliphatic heterocycles. The molecular formula is C15H22N2O2. The molecule has 1 saturated carbocycles. The molecule has 104 valence electrons. The van der Waals surface area contributed by atoms with Gasteiger partial charge in [-0.15, -0.1) is 0 Å². The molecule has 0 unspecified atom stereocenters. The minimum Gasteiger partial charge on any atom is -0.398 e. The average Bonchev–Trinajstić information content (AvgIpc) is 2.41. The molecule has 0 radical (unpaired) electrons. The summed E-state index contributed by atoms with van der Waals surface area (Å²) >= 11 is 0. The van der Waals surface area contributed by atoms with Crippen molar-refractivity contribution in [2.45, 2.75) is 38.7 Å². The van der Waals surface area contributed by atoms with Crippen LogP contribution in [0.5, 0.6) is 0 Å². The van der Waals surface area contributed by atoms with Gasteiger partial charge in [-0.05, 0) is 56.2 Å². The van der Waals surface area contributed by atoms with Crippen LogP contribution in [0.15, 0.2) is 18.2 Å². The Bertz CT molecular complexity index is 451. The zero-order valence-electron chi connectivity index (χ0n) is 11.4. The van der Waals surface area contributed by atoms with Gasteiger partial charge in [0, 0.05) is 17.8 Å². The fourth-order valence-electron chi connectivity index (χ4n) is 2.58. The highest BCUT2D eigenvalue weighted by molar-refractivity contribution is 5.96. The SMILES string of the molecule is Cc1c(N)cccc1C(=O)NCC1CCC(O)CC1. The molecule has 0 atom stereocenters. The fraction of sp³-hybridized carbons (Fsp3) is 0.533. The lowest BCUT2D eigenvalue weighted by Crippen LogP contribution is -2.32. The number of hydrogen-bond acceptors (Lipinski definition) is 3. The van der Waals surface area contributed by atoms with Gasteiger partial charge in [-0.2, -0.15) is 0 Å². The normalized spacial score (nSPS) is 23.1. The molecule has 19 heavy (non-hydrogen) atoms. The van der Waals surface area contributed by atoms with E-state index >= 15 is 0 Å². The quantitative estimate of drug-likeness (QED) is 0.728. The number of aliphatic hydroxyl groups is 1. The number of nitrogens with two attached hydrogens (primary N) is 1. The van der Waals surface area contributed by atoms with Crippen molar-refractivity contribution in [2.24, 2.45) is 5.92 Å². The third-order valence-electron chi connectivity index (χ3n) is 3.99. The lowest BCUT2D eigenvalue weighted by Gasteiger charge is -2.25. The van der Waals surface area contributed by atoms with E-state index in [0.717, 1.165) is 31.2 Å². The molecule has 1 amide bonds. The van der Waals surface area contributed by atoms with Crippen LogP contribution in [-0.4, -0.2) is 23.7 Å². The fourth-order valence-corrected chi connectivity index (χ4v) is 2.58. The van der Waals surface area contributed by atoms with E-state index in [0.29, 0.717) is 23.7 Å². The molecule has 0 saturated heterocycles. The van der Waals surface area contributed by atoms with Gasteiger partial charge in [0.15, 0.2) is 0 Å². The summed E-state index contributed by atoms with van der Waals surface area (Å²) < 4.78 is 0. The van der Waals surface area contributed by atoms with E-state index in [1.165, 1.54) is 0 Å². The van der Waals surface area contributed by atoms with E-state index in [-0.39, 0.29) is 12.0 Å². The third-order valence-corrected chi connectivity index (χ3v) is 3.99. The highest BCUT2D eigenvalue weighted by Gasteiger charge is 2.20. The van der Waals surface area contributed by atoms with Crippen molar-refractivity contribution < 1.29 is 9.90 Å². The second-order valence-corrected chi connectivity index (χ2v) is 5.40. The van der Waals surface area contributed by atoms with Crippen LogP contribution in [0.25, 0.3) is 0 Å². The molecule has 0 bridgehead atoms. The first-order valence-corrected chi connectivity index (χ1v) is 6.89. The van der Waals surface area contributed by atoms with Gasteiger partial charge in [0.1, 0.15) is 0 Å². The molecular weight excluding hydrogens is 240 g/mol. The predicted molar refractivity (Wildman–Crippen MR) is 75.9 cm³/mol. The summed E-state index contributed by atoms with van der Waals surface area (Å²) in [6.45, 7) is 2.54. The van der Waals surface area contributed by atoms with E-state index in [2.05, 4.69) is 5.32 Å². The van der Waals surface area contributed by atoms with E-state index < -0.39 is 0 Å². The zero-order chi connectivity index (χ0) is 13.8. The van der Waals surface area contributed by atoms with Crippen molar-refractivity contribution in [3.05, 3.63) is 29.3 Å². The van der Waals surface area contributed by atoms with E-state index in [4.69, 9.17) is 5.73 Å². The Hall–Kier alpha value is -1.55. The van der Waals surface area contributed by atoms with Crippen molar-refractivity contribution in [1.82, 2.24) is 5.32 Å². The number of aliphatic hydroxyl groups excluding tert-OH is 1. The largest absolute Gasteiger partial charge is 0.398 e. The van der Waals surface area contributed by atoms with Crippen molar-refractivity contribution >= 4 is 11.6 Å². The maximum Gasteiger partial charge on any atom is 0.251 e. The van der Waals surface area contributed by atoms with Crippen molar-refractivity contribution in [3.8, 4) is 0 Å². The third kappa shape index (κ3) is 3.47. The van der Waals surface area contributed by atoms with Gasteiger partial charge in [-0.3, -0.25) is 4.79 Å². The number of anilines is 1. The summed E-state index contributed by atoms with van der Waals surface area (Å²) in [5, 5.41) is 12.4. The molecule has 0 aromatic heterocycles. The second-order valence-electron chi connectivity index (χ2n) is 5.40. The Kier molecular flexibility index (Phi) is 4.43. The van der Waals surface area contributed by atoms with Crippen LogP contribution in [0.2, 0.25) is 0 Å². The summed E-state index contributed by atoms with van der Waals surface area (Å²) in [6.07, 6.45) is 3.51. The summed E-state index contributed by atoms with van der Waals surface area (Å²) in [5.41, 5.74) is 7.93. The van der Waals surface area contributed by atoms with Crippen LogP contribution >= 0.6 is 0 Å². The molecule has 2 rings (SSSR count). The number of nitrogen functional groups attached to an aromatic ring is 1. The maximum atomic E-state index is 12.1. The Labute approximate surface area is 114 Å². The molecule has 1 aromatic rings. The topological polar surface area (TPSA) is 75.4 Å². The minimum absolute atomic E-state index is 0.0593. The van der Waals surface area contributed by atoms with Crippen LogP contribution < -0.4 is 11.1 Å². The smallest absolute Gasteiger partial charge is 0.251 e. The van der Waals surface area contributed by atoms with Gasteiger partial charge in [-0.1, -0.05) is 6.07 Å². The van der Waals surface area contributed by atoms with Crippen LogP contribution in [0.1, 0.15) is 41.6 Å². The first-order valence-electron chi connectivity index (χ1n) is 6.89. The number of carbonyl (C=O) groups excluding carboxylic acids is 1. The van der Waals surface area contributed by atoms with Crippen LogP contribution in [0.4, 0.5) is 5.69 Å². The summed E-state index contributed by atoms with van der Waals surface area (Å²) in [4.78, 5) is 12.1. The van der Waals surface area contributed by atoms with Gasteiger partial charge in [0.25, 0.3) is 5.91 Å². The number of hydrogen-bond donors (Lipinski definition) is 3. The Morgan fingerprint density at radius 1 is 1.37 bits per heavy atom. The molecule has 0 heterocycles. The summed E-state index contributed by atoms with van der Waals surface area (Å²) in [7, 11) is 0. The van der Waals surface area contributed by atoms with Crippen molar-refractivity contribution in [1.29, 1.82) is 0 Å². The van der Waals surface area contributed by atoms with Gasteiger partial charge < -0.3 is 16.2 Å². The number of amides is 1. The molecule has 0 spiro atoms. The lowest BCUT2D eigenvalue weighted by atomic mass is 9.87. The first-order chi connectivity index (χ1) is 9.08. The highest BCUT2D eigenvalue weighted by Crippen LogP contribution is 2.23. The highest BCUT2D eigenvalue weighted by atomic mass is 16.3. The number of carbonyl (C=O) groups is 1. The molecule has 4 N–H and O–H groups in total. The van der Waals surface area contributed by atoms with Gasteiger partial charge in [0.05, 0.1) is 6.10 Å². The average molecular weight is 262 g/mol. The lowest BCUT2D eigenvalue weighted by molar-refractivity contribution is 0.0910. The molecule has 4 nitrogen and oxygen atoms in total. The molecule has 1 aliphatic carbocycles.